The molecular weight excluding hydrogens is 470 g/mol. The van der Waals surface area contributed by atoms with Crippen LogP contribution in [0.1, 0.15) is 28.2 Å². The van der Waals surface area contributed by atoms with Crippen molar-refractivity contribution in [2.75, 3.05) is 23.7 Å². The molecule has 0 unspecified atom stereocenters. The van der Waals surface area contributed by atoms with Gasteiger partial charge in [-0.2, -0.15) is 0 Å². The zero-order valence-electron chi connectivity index (χ0n) is 19.2. The lowest BCUT2D eigenvalue weighted by Gasteiger charge is -2.12. The fraction of sp³-hybridized carbons (Fsp3) is 0.200. The van der Waals surface area contributed by atoms with Gasteiger partial charge in [-0.15, -0.1) is 0 Å². The Morgan fingerprint density at radius 2 is 1.60 bits per heavy atom. The van der Waals surface area contributed by atoms with Crippen LogP contribution in [0, 0.1) is 13.8 Å². The van der Waals surface area contributed by atoms with Crippen molar-refractivity contribution in [1.82, 2.24) is 14.8 Å². The Kier molecular flexibility index (Phi) is 6.88. The number of carbonyl (C=O) groups excluding carboxylic acids is 4. The molecule has 3 N–H and O–H groups in total. The standard InChI is InChI=1S/C25H24ClN5O4/c1-15-13-21(16(2)31(15)20-9-3-17(26)4-10-20)24(34)29-19-7-5-18(6-8-19)28-22(32)11-12-30-23(33)14-27-25(30)35/h3-10,13H,11-12,14H2,1-2H3,(H,27,35)(H,28,32)(H,29,34). The van der Waals surface area contributed by atoms with Crippen LogP contribution < -0.4 is 16.0 Å². The molecule has 5 amide bonds. The second kappa shape index (κ2) is 10.0. The molecule has 0 atom stereocenters. The highest BCUT2D eigenvalue weighted by Crippen LogP contribution is 2.23. The summed E-state index contributed by atoms with van der Waals surface area (Å²) in [5.41, 5.74) is 4.29. The van der Waals surface area contributed by atoms with Crippen LogP contribution >= 0.6 is 11.6 Å². The van der Waals surface area contributed by atoms with Crippen LogP contribution in [0.3, 0.4) is 0 Å². The quantitative estimate of drug-likeness (QED) is 0.433. The van der Waals surface area contributed by atoms with E-state index in [0.717, 1.165) is 22.0 Å². The topological polar surface area (TPSA) is 113 Å². The molecule has 10 heteroatoms. The van der Waals surface area contributed by atoms with Gasteiger partial charge in [0.15, 0.2) is 0 Å². The molecule has 2 heterocycles. The number of anilines is 2. The summed E-state index contributed by atoms with van der Waals surface area (Å²) in [5.74, 6) is -0.926. The zero-order valence-corrected chi connectivity index (χ0v) is 20.0. The SMILES string of the molecule is Cc1cc(C(=O)Nc2ccc(NC(=O)CCN3C(=O)CNC3=O)cc2)c(C)n1-c1ccc(Cl)cc1. The number of aryl methyl sites for hydroxylation is 1. The summed E-state index contributed by atoms with van der Waals surface area (Å²) < 4.78 is 1.99. The molecule has 1 aliphatic heterocycles. The van der Waals surface area contributed by atoms with Crippen LogP contribution in [0.25, 0.3) is 5.69 Å². The van der Waals surface area contributed by atoms with Crippen LogP contribution in [-0.2, 0) is 9.59 Å². The predicted molar refractivity (Wildman–Crippen MR) is 133 cm³/mol. The minimum absolute atomic E-state index is 0.0130. The van der Waals surface area contributed by atoms with E-state index in [4.69, 9.17) is 11.6 Å². The van der Waals surface area contributed by atoms with E-state index in [9.17, 15) is 19.2 Å². The lowest BCUT2D eigenvalue weighted by molar-refractivity contribution is -0.125. The van der Waals surface area contributed by atoms with Gasteiger partial charge in [0.1, 0.15) is 0 Å². The van der Waals surface area contributed by atoms with Crippen molar-refractivity contribution in [1.29, 1.82) is 0 Å². The van der Waals surface area contributed by atoms with Crippen molar-refractivity contribution in [3.8, 4) is 5.69 Å². The van der Waals surface area contributed by atoms with Crippen molar-refractivity contribution >= 4 is 46.7 Å². The first-order chi connectivity index (χ1) is 16.7. The van der Waals surface area contributed by atoms with Crippen molar-refractivity contribution in [2.45, 2.75) is 20.3 Å². The van der Waals surface area contributed by atoms with E-state index in [1.165, 1.54) is 0 Å². The third kappa shape index (κ3) is 5.36. The zero-order chi connectivity index (χ0) is 25.1. The smallest absolute Gasteiger partial charge is 0.324 e. The minimum atomic E-state index is -0.489. The Morgan fingerprint density at radius 1 is 0.971 bits per heavy atom. The molecule has 3 aromatic rings. The van der Waals surface area contributed by atoms with Gasteiger partial charge >= 0.3 is 6.03 Å². The molecule has 0 radical (unpaired) electrons. The number of rotatable bonds is 7. The lowest BCUT2D eigenvalue weighted by Crippen LogP contribution is -2.33. The number of amides is 5. The van der Waals surface area contributed by atoms with Gasteiger partial charge in [0.05, 0.1) is 12.1 Å². The van der Waals surface area contributed by atoms with E-state index in [1.807, 2.05) is 36.6 Å². The van der Waals surface area contributed by atoms with Crippen LogP contribution in [0.4, 0.5) is 16.2 Å². The molecule has 0 saturated carbocycles. The van der Waals surface area contributed by atoms with Crippen LogP contribution in [0.5, 0.6) is 0 Å². The molecule has 1 aliphatic rings. The molecule has 1 fully saturated rings. The highest BCUT2D eigenvalue weighted by atomic mass is 35.5. The predicted octanol–water partition coefficient (Wildman–Crippen LogP) is 3.88. The number of nitrogens with one attached hydrogen (secondary N) is 3. The largest absolute Gasteiger partial charge is 0.329 e. The highest BCUT2D eigenvalue weighted by molar-refractivity contribution is 6.30. The molecule has 9 nitrogen and oxygen atoms in total. The van der Waals surface area contributed by atoms with Gasteiger partial charge in [-0.25, -0.2) is 4.79 Å². The van der Waals surface area contributed by atoms with Crippen molar-refractivity contribution < 1.29 is 19.2 Å². The van der Waals surface area contributed by atoms with Gasteiger partial charge in [-0.05, 0) is 68.4 Å². The van der Waals surface area contributed by atoms with Crippen molar-refractivity contribution in [2.24, 2.45) is 0 Å². The van der Waals surface area contributed by atoms with E-state index < -0.39 is 6.03 Å². The first kappa shape index (κ1) is 24.0. The Morgan fingerprint density at radius 3 is 2.20 bits per heavy atom. The number of urea groups is 1. The lowest BCUT2D eigenvalue weighted by atomic mass is 10.2. The molecule has 1 aromatic heterocycles. The number of aromatic nitrogens is 1. The van der Waals surface area contributed by atoms with E-state index in [-0.39, 0.29) is 37.2 Å². The summed E-state index contributed by atoms with van der Waals surface area (Å²) in [6.45, 7) is 3.79. The van der Waals surface area contributed by atoms with Gasteiger partial charge in [-0.3, -0.25) is 19.3 Å². The fourth-order valence-corrected chi connectivity index (χ4v) is 4.06. The highest BCUT2D eigenvalue weighted by Gasteiger charge is 2.28. The minimum Gasteiger partial charge on any atom is -0.329 e. The maximum atomic E-state index is 12.9. The Bertz CT molecular complexity index is 1280. The maximum Gasteiger partial charge on any atom is 0.324 e. The molecule has 1 saturated heterocycles. The fourth-order valence-electron chi connectivity index (χ4n) is 3.93. The van der Waals surface area contributed by atoms with Crippen LogP contribution in [-0.4, -0.2) is 46.3 Å². The van der Waals surface area contributed by atoms with Gasteiger partial charge in [0.2, 0.25) is 11.8 Å². The Labute approximate surface area is 207 Å². The summed E-state index contributed by atoms with van der Waals surface area (Å²) >= 11 is 5.99. The van der Waals surface area contributed by atoms with Gasteiger partial charge in [0, 0.05) is 46.4 Å². The normalized spacial score (nSPS) is 13.1. The molecule has 0 bridgehead atoms. The monoisotopic (exact) mass is 493 g/mol. The maximum absolute atomic E-state index is 12.9. The van der Waals surface area contributed by atoms with E-state index >= 15 is 0 Å². The van der Waals surface area contributed by atoms with Gasteiger partial charge < -0.3 is 20.5 Å². The first-order valence-corrected chi connectivity index (χ1v) is 11.3. The third-order valence-corrected chi connectivity index (χ3v) is 5.94. The average molecular weight is 494 g/mol. The Hall–Kier alpha value is -4.11. The number of imide groups is 1. The molecular formula is C25H24ClN5O4. The third-order valence-electron chi connectivity index (χ3n) is 5.69. The summed E-state index contributed by atoms with van der Waals surface area (Å²) in [4.78, 5) is 49.2. The van der Waals surface area contributed by atoms with Gasteiger partial charge in [0.25, 0.3) is 5.91 Å². The summed E-state index contributed by atoms with van der Waals surface area (Å²) in [6, 6.07) is 15.4. The Balaban J connectivity index is 1.36. The molecule has 0 aliphatic carbocycles. The van der Waals surface area contributed by atoms with Gasteiger partial charge in [-0.1, -0.05) is 11.6 Å². The number of benzene rings is 2. The summed E-state index contributed by atoms with van der Waals surface area (Å²) in [5, 5.41) is 8.64. The second-order valence-corrected chi connectivity index (χ2v) is 8.57. The number of hydrogen-bond acceptors (Lipinski definition) is 4. The van der Waals surface area contributed by atoms with Crippen LogP contribution in [0.15, 0.2) is 54.6 Å². The van der Waals surface area contributed by atoms with Crippen LogP contribution in [0.2, 0.25) is 5.02 Å². The van der Waals surface area contributed by atoms with E-state index in [1.54, 1.807) is 36.4 Å². The molecule has 4 rings (SSSR count). The molecule has 0 spiro atoms. The number of carbonyl (C=O) groups is 4. The molecule has 180 valence electrons. The number of nitrogens with zero attached hydrogens (tertiary/aromatic N) is 2. The summed E-state index contributed by atoms with van der Waals surface area (Å²) in [7, 11) is 0. The number of hydrogen-bond donors (Lipinski definition) is 3. The number of halogens is 1. The molecule has 35 heavy (non-hydrogen) atoms. The average Bonchev–Trinajstić information content (AvgIpc) is 3.31. The molecule has 2 aromatic carbocycles. The second-order valence-electron chi connectivity index (χ2n) is 8.13. The van der Waals surface area contributed by atoms with E-state index in [0.29, 0.717) is 22.0 Å². The van der Waals surface area contributed by atoms with E-state index in [2.05, 4.69) is 16.0 Å². The van der Waals surface area contributed by atoms with Crippen molar-refractivity contribution in [3.63, 3.8) is 0 Å². The van der Waals surface area contributed by atoms with Crippen molar-refractivity contribution in [3.05, 3.63) is 76.6 Å². The first-order valence-electron chi connectivity index (χ1n) is 11.0. The summed E-state index contributed by atoms with van der Waals surface area (Å²) in [6.07, 6.45) is -0.0130.